The molecule has 1 fully saturated rings. The summed E-state index contributed by atoms with van der Waals surface area (Å²) in [6.07, 6.45) is 1.35. The fourth-order valence-corrected chi connectivity index (χ4v) is 1.92. The number of piperazine rings is 1. The van der Waals surface area contributed by atoms with Gasteiger partial charge in [0.15, 0.2) is 5.78 Å². The third-order valence-corrected chi connectivity index (χ3v) is 2.89. The van der Waals surface area contributed by atoms with Crippen LogP contribution in [0.5, 0.6) is 0 Å². The molecule has 1 aliphatic rings. The maximum absolute atomic E-state index is 11.6. The zero-order valence-corrected chi connectivity index (χ0v) is 8.76. The van der Waals surface area contributed by atoms with Crippen molar-refractivity contribution >= 4 is 23.0 Å². The average Bonchev–Trinajstić information content (AvgIpc) is 2.74. The minimum atomic E-state index is -0.217. The van der Waals surface area contributed by atoms with Crippen LogP contribution in [0.25, 0.3) is 0 Å². The van der Waals surface area contributed by atoms with Gasteiger partial charge in [-0.15, -0.1) is 11.3 Å². The molecule has 1 aliphatic heterocycles. The Morgan fingerprint density at radius 3 is 2.87 bits per heavy atom. The van der Waals surface area contributed by atoms with Crippen molar-refractivity contribution in [3.05, 3.63) is 34.2 Å². The SMILES string of the molecule is O=C1NCCN/C1=C\C(=O)c1cccs1. The lowest BCUT2D eigenvalue weighted by Gasteiger charge is -2.16. The number of hydrogen-bond acceptors (Lipinski definition) is 4. The van der Waals surface area contributed by atoms with Crippen LogP contribution in [0.2, 0.25) is 0 Å². The van der Waals surface area contributed by atoms with E-state index in [2.05, 4.69) is 10.6 Å². The van der Waals surface area contributed by atoms with Crippen molar-refractivity contribution in [2.24, 2.45) is 0 Å². The molecule has 1 amide bonds. The summed E-state index contributed by atoms with van der Waals surface area (Å²) < 4.78 is 0. The van der Waals surface area contributed by atoms with Gasteiger partial charge in [-0.1, -0.05) is 6.07 Å². The van der Waals surface area contributed by atoms with E-state index >= 15 is 0 Å². The quantitative estimate of drug-likeness (QED) is 0.567. The largest absolute Gasteiger partial charge is 0.379 e. The highest BCUT2D eigenvalue weighted by atomic mass is 32.1. The highest BCUT2D eigenvalue weighted by molar-refractivity contribution is 7.12. The number of allylic oxidation sites excluding steroid dienone is 1. The summed E-state index contributed by atoms with van der Waals surface area (Å²) in [5.41, 5.74) is 0.347. The summed E-state index contributed by atoms with van der Waals surface area (Å²) in [4.78, 5) is 23.6. The number of rotatable bonds is 2. The van der Waals surface area contributed by atoms with Gasteiger partial charge in [0.25, 0.3) is 5.91 Å². The molecule has 4 nitrogen and oxygen atoms in total. The molecule has 1 aromatic rings. The monoisotopic (exact) mass is 222 g/mol. The molecular formula is C10H10N2O2S. The van der Waals surface area contributed by atoms with Gasteiger partial charge < -0.3 is 10.6 Å². The first-order valence-corrected chi connectivity index (χ1v) is 5.47. The normalized spacial score (nSPS) is 18.4. The van der Waals surface area contributed by atoms with Crippen molar-refractivity contribution < 1.29 is 9.59 Å². The van der Waals surface area contributed by atoms with Crippen molar-refractivity contribution in [3.8, 4) is 0 Å². The van der Waals surface area contributed by atoms with E-state index in [9.17, 15) is 9.59 Å². The summed E-state index contributed by atoms with van der Waals surface area (Å²) in [5, 5.41) is 7.39. The lowest BCUT2D eigenvalue weighted by atomic mass is 10.2. The zero-order chi connectivity index (χ0) is 10.7. The van der Waals surface area contributed by atoms with Crippen LogP contribution < -0.4 is 10.6 Å². The van der Waals surface area contributed by atoms with Crippen LogP contribution in [0.1, 0.15) is 9.67 Å². The summed E-state index contributed by atoms with van der Waals surface area (Å²) in [6, 6.07) is 3.55. The third-order valence-electron chi connectivity index (χ3n) is 2.01. The summed E-state index contributed by atoms with van der Waals surface area (Å²) in [6.45, 7) is 1.26. The van der Waals surface area contributed by atoms with Gasteiger partial charge in [0.05, 0.1) is 4.88 Å². The van der Waals surface area contributed by atoms with E-state index in [-0.39, 0.29) is 11.7 Å². The van der Waals surface area contributed by atoms with Gasteiger partial charge in [-0.25, -0.2) is 0 Å². The van der Waals surface area contributed by atoms with Crippen molar-refractivity contribution in [1.82, 2.24) is 10.6 Å². The first kappa shape index (κ1) is 9.92. The van der Waals surface area contributed by atoms with Crippen molar-refractivity contribution in [3.63, 3.8) is 0 Å². The first-order chi connectivity index (χ1) is 7.27. The number of carbonyl (C=O) groups is 2. The predicted octanol–water partition coefficient (Wildman–Crippen LogP) is 0.534. The summed E-state index contributed by atoms with van der Waals surface area (Å²) in [7, 11) is 0. The van der Waals surface area contributed by atoms with E-state index in [0.29, 0.717) is 23.7 Å². The van der Waals surface area contributed by atoms with Crippen LogP contribution in [0.15, 0.2) is 29.3 Å². The maximum Gasteiger partial charge on any atom is 0.267 e. The second kappa shape index (κ2) is 4.27. The van der Waals surface area contributed by atoms with Gasteiger partial charge in [0.2, 0.25) is 0 Å². The number of ketones is 1. The van der Waals surface area contributed by atoms with E-state index in [1.54, 1.807) is 6.07 Å². The topological polar surface area (TPSA) is 58.2 Å². The van der Waals surface area contributed by atoms with E-state index in [0.717, 1.165) is 0 Å². The second-order valence-corrected chi connectivity index (χ2v) is 4.03. The standard InChI is InChI=1S/C10H10N2O2S/c13-8(9-2-1-5-15-9)6-7-10(14)12-4-3-11-7/h1-2,5-6,11H,3-4H2,(H,12,14)/b7-6-. The first-order valence-electron chi connectivity index (χ1n) is 4.59. The highest BCUT2D eigenvalue weighted by Gasteiger charge is 2.15. The Balaban J connectivity index is 2.15. The molecule has 15 heavy (non-hydrogen) atoms. The molecular weight excluding hydrogens is 212 g/mol. The average molecular weight is 222 g/mol. The molecule has 0 aromatic carbocycles. The number of thiophene rings is 1. The molecule has 0 radical (unpaired) electrons. The molecule has 1 saturated heterocycles. The van der Waals surface area contributed by atoms with Gasteiger partial charge in [-0.3, -0.25) is 9.59 Å². The van der Waals surface area contributed by atoms with Gasteiger partial charge in [0.1, 0.15) is 5.70 Å². The molecule has 0 atom stereocenters. The van der Waals surface area contributed by atoms with E-state index in [1.807, 2.05) is 11.4 Å². The van der Waals surface area contributed by atoms with Crippen LogP contribution in [-0.4, -0.2) is 24.8 Å². The number of nitrogens with one attached hydrogen (secondary N) is 2. The minimum Gasteiger partial charge on any atom is -0.379 e. The Labute approximate surface area is 91.0 Å². The molecule has 5 heteroatoms. The van der Waals surface area contributed by atoms with Crippen LogP contribution in [0.3, 0.4) is 0 Å². The zero-order valence-electron chi connectivity index (χ0n) is 7.95. The lowest BCUT2D eigenvalue weighted by Crippen LogP contribution is -2.43. The van der Waals surface area contributed by atoms with Crippen LogP contribution in [-0.2, 0) is 4.79 Å². The second-order valence-electron chi connectivity index (χ2n) is 3.08. The molecule has 0 unspecified atom stereocenters. The number of hydrogen-bond donors (Lipinski definition) is 2. The van der Waals surface area contributed by atoms with Crippen molar-refractivity contribution in [2.45, 2.75) is 0 Å². The van der Waals surface area contributed by atoms with Gasteiger partial charge in [-0.05, 0) is 11.4 Å². The predicted molar refractivity (Wildman–Crippen MR) is 57.7 cm³/mol. The fraction of sp³-hybridized carbons (Fsp3) is 0.200. The van der Waals surface area contributed by atoms with Gasteiger partial charge in [-0.2, -0.15) is 0 Å². The lowest BCUT2D eigenvalue weighted by molar-refractivity contribution is -0.118. The molecule has 0 saturated carbocycles. The molecule has 78 valence electrons. The van der Waals surface area contributed by atoms with Crippen molar-refractivity contribution in [2.75, 3.05) is 13.1 Å². The van der Waals surface area contributed by atoms with Gasteiger partial charge >= 0.3 is 0 Å². The van der Waals surface area contributed by atoms with Crippen LogP contribution in [0.4, 0.5) is 0 Å². The Hall–Kier alpha value is -1.62. The molecule has 2 rings (SSSR count). The van der Waals surface area contributed by atoms with Crippen LogP contribution in [0, 0.1) is 0 Å². The summed E-state index contributed by atoms with van der Waals surface area (Å²) in [5.74, 6) is -0.351. The van der Waals surface area contributed by atoms with E-state index in [4.69, 9.17) is 0 Å². The third kappa shape index (κ3) is 2.24. The minimum absolute atomic E-state index is 0.135. The molecule has 1 aromatic heterocycles. The number of carbonyl (C=O) groups excluding carboxylic acids is 2. The smallest absolute Gasteiger partial charge is 0.267 e. The molecule has 2 heterocycles. The fourth-order valence-electron chi connectivity index (χ4n) is 1.29. The molecule has 0 bridgehead atoms. The molecule has 2 N–H and O–H groups in total. The Bertz CT molecular complexity index is 409. The van der Waals surface area contributed by atoms with E-state index < -0.39 is 0 Å². The highest BCUT2D eigenvalue weighted by Crippen LogP contribution is 2.10. The van der Waals surface area contributed by atoms with Gasteiger partial charge in [0, 0.05) is 19.2 Å². The maximum atomic E-state index is 11.6. The molecule has 0 aliphatic carbocycles. The Morgan fingerprint density at radius 1 is 1.40 bits per heavy atom. The van der Waals surface area contributed by atoms with Crippen LogP contribution >= 0.6 is 11.3 Å². The Morgan fingerprint density at radius 2 is 2.20 bits per heavy atom. The Kier molecular flexibility index (Phi) is 2.82. The van der Waals surface area contributed by atoms with Crippen molar-refractivity contribution in [1.29, 1.82) is 0 Å². The summed E-state index contributed by atoms with van der Waals surface area (Å²) >= 11 is 1.37. The molecule has 0 spiro atoms. The van der Waals surface area contributed by atoms with E-state index in [1.165, 1.54) is 17.4 Å². The number of amides is 1.